The summed E-state index contributed by atoms with van der Waals surface area (Å²) in [7, 11) is 1.59. The first kappa shape index (κ1) is 27.4. The van der Waals surface area contributed by atoms with Crippen LogP contribution in [0.3, 0.4) is 0 Å². The molecule has 1 aliphatic heterocycles. The fourth-order valence-electron chi connectivity index (χ4n) is 4.84. The zero-order valence-corrected chi connectivity index (χ0v) is 22.6. The van der Waals surface area contributed by atoms with Crippen LogP contribution >= 0.6 is 0 Å². The minimum absolute atomic E-state index is 0.0108. The lowest BCUT2D eigenvalue weighted by molar-refractivity contribution is 0.0786. The molecule has 1 aromatic carbocycles. The second-order valence-electron chi connectivity index (χ2n) is 10.2. The van der Waals surface area contributed by atoms with E-state index in [1.165, 1.54) is 29.6 Å². The lowest BCUT2D eigenvalue weighted by atomic mass is 10.1. The Morgan fingerprint density at radius 1 is 1.23 bits per heavy atom. The van der Waals surface area contributed by atoms with Crippen molar-refractivity contribution in [2.75, 3.05) is 43.5 Å². The number of halogens is 2. The first-order valence-corrected chi connectivity index (χ1v) is 13.3. The van der Waals surface area contributed by atoms with Crippen LogP contribution in [0.1, 0.15) is 61.3 Å². The summed E-state index contributed by atoms with van der Waals surface area (Å²) in [5.41, 5.74) is 0.627. The SMILES string of the molecule is CC(C)c1noc(N2CCC(n3cc(F)c4c(Nc5ccc(C(=O)N(C)CCCO)cc5F)ncnc43)CC2)n1. The molecule has 0 unspecified atom stereocenters. The fraction of sp³-hybridized carbons (Fsp3) is 0.444. The van der Waals surface area contributed by atoms with Crippen LogP contribution in [0.15, 0.2) is 35.2 Å². The number of carbonyl (C=O) groups excluding carboxylic acids is 1. The number of rotatable bonds is 9. The summed E-state index contributed by atoms with van der Waals surface area (Å²) in [4.78, 5) is 29.0. The van der Waals surface area contributed by atoms with Crippen LogP contribution in [-0.2, 0) is 0 Å². The predicted octanol–water partition coefficient (Wildman–Crippen LogP) is 4.26. The minimum atomic E-state index is -0.679. The van der Waals surface area contributed by atoms with Gasteiger partial charge in [0.05, 0.1) is 11.1 Å². The monoisotopic (exact) mass is 554 g/mol. The minimum Gasteiger partial charge on any atom is -0.396 e. The first-order chi connectivity index (χ1) is 19.3. The molecule has 0 radical (unpaired) electrons. The summed E-state index contributed by atoms with van der Waals surface area (Å²) in [6.07, 6.45) is 4.58. The van der Waals surface area contributed by atoms with Crippen molar-refractivity contribution in [3.05, 3.63) is 53.7 Å². The van der Waals surface area contributed by atoms with Crippen LogP contribution in [0.5, 0.6) is 0 Å². The Morgan fingerprint density at radius 3 is 2.67 bits per heavy atom. The van der Waals surface area contributed by atoms with E-state index in [0.717, 1.165) is 6.07 Å². The summed E-state index contributed by atoms with van der Waals surface area (Å²) in [6, 6.07) is 4.52. The van der Waals surface area contributed by atoms with E-state index in [9.17, 15) is 9.18 Å². The smallest absolute Gasteiger partial charge is 0.324 e. The molecule has 5 rings (SSSR count). The van der Waals surface area contributed by atoms with E-state index in [2.05, 4.69) is 25.4 Å². The van der Waals surface area contributed by atoms with E-state index < -0.39 is 11.6 Å². The number of aliphatic hydroxyl groups is 1. The maximum Gasteiger partial charge on any atom is 0.324 e. The lowest BCUT2D eigenvalue weighted by Crippen LogP contribution is -2.34. The van der Waals surface area contributed by atoms with Crippen LogP contribution in [0.4, 0.5) is 26.3 Å². The van der Waals surface area contributed by atoms with Crippen molar-refractivity contribution in [1.29, 1.82) is 0 Å². The molecule has 11 nitrogen and oxygen atoms in total. The highest BCUT2D eigenvalue weighted by Crippen LogP contribution is 2.34. The van der Waals surface area contributed by atoms with Gasteiger partial charge in [0.15, 0.2) is 11.6 Å². The third-order valence-electron chi connectivity index (χ3n) is 7.11. The standard InChI is InChI=1S/C27H32F2N8O3/c1-16(2)23-33-27(40-34-23)36-10-7-18(8-11-36)37-14-20(29)22-24(30-15-31-25(22)37)32-21-6-5-17(13-19(21)28)26(39)35(3)9-4-12-38/h5-6,13-16,18,38H,4,7-12H2,1-3H3,(H,30,31,32). The molecule has 13 heteroatoms. The van der Waals surface area contributed by atoms with Crippen molar-refractivity contribution >= 4 is 34.5 Å². The fourth-order valence-corrected chi connectivity index (χ4v) is 4.84. The Balaban J connectivity index is 1.32. The zero-order chi connectivity index (χ0) is 28.4. The summed E-state index contributed by atoms with van der Waals surface area (Å²) < 4.78 is 37.5. The second kappa shape index (κ2) is 11.5. The molecule has 0 spiro atoms. The van der Waals surface area contributed by atoms with Crippen LogP contribution in [-0.4, -0.2) is 73.9 Å². The molecule has 1 fully saturated rings. The molecule has 40 heavy (non-hydrogen) atoms. The van der Waals surface area contributed by atoms with Crippen LogP contribution in [0.25, 0.3) is 11.0 Å². The average molecular weight is 555 g/mol. The van der Waals surface area contributed by atoms with Crippen molar-refractivity contribution in [2.45, 2.75) is 45.1 Å². The number of aliphatic hydroxyl groups excluding tert-OH is 1. The number of piperidine rings is 1. The third kappa shape index (κ3) is 5.46. The first-order valence-electron chi connectivity index (χ1n) is 13.3. The largest absolute Gasteiger partial charge is 0.396 e. The summed E-state index contributed by atoms with van der Waals surface area (Å²) >= 11 is 0. The number of amides is 1. The van der Waals surface area contributed by atoms with Gasteiger partial charge in [-0.1, -0.05) is 19.0 Å². The van der Waals surface area contributed by atoms with Gasteiger partial charge >= 0.3 is 6.01 Å². The van der Waals surface area contributed by atoms with Crippen molar-refractivity contribution in [3.63, 3.8) is 0 Å². The quantitative estimate of drug-likeness (QED) is 0.312. The van der Waals surface area contributed by atoms with Crippen molar-refractivity contribution in [2.24, 2.45) is 0 Å². The number of nitrogens with zero attached hydrogens (tertiary/aromatic N) is 7. The van der Waals surface area contributed by atoms with Gasteiger partial charge in [0.25, 0.3) is 5.91 Å². The van der Waals surface area contributed by atoms with Gasteiger partial charge in [0, 0.05) is 57.0 Å². The van der Waals surface area contributed by atoms with Crippen LogP contribution in [0.2, 0.25) is 0 Å². The number of anilines is 3. The molecule has 4 aromatic rings. The normalized spacial score (nSPS) is 14.3. The highest BCUT2D eigenvalue weighted by molar-refractivity contribution is 5.95. The Hall–Kier alpha value is -4.13. The molecular formula is C27H32F2N8O3. The van der Waals surface area contributed by atoms with E-state index in [-0.39, 0.29) is 46.9 Å². The molecule has 1 saturated heterocycles. The van der Waals surface area contributed by atoms with Crippen LogP contribution < -0.4 is 10.2 Å². The van der Waals surface area contributed by atoms with E-state index in [0.29, 0.717) is 56.4 Å². The number of benzene rings is 1. The van der Waals surface area contributed by atoms with Gasteiger partial charge in [-0.2, -0.15) is 4.98 Å². The van der Waals surface area contributed by atoms with Gasteiger partial charge in [-0.25, -0.2) is 18.7 Å². The molecule has 212 valence electrons. The van der Waals surface area contributed by atoms with Crippen molar-refractivity contribution in [1.82, 2.24) is 29.6 Å². The van der Waals surface area contributed by atoms with Gasteiger partial charge in [0.1, 0.15) is 23.6 Å². The highest BCUT2D eigenvalue weighted by atomic mass is 19.1. The van der Waals surface area contributed by atoms with Gasteiger partial charge in [0.2, 0.25) is 0 Å². The van der Waals surface area contributed by atoms with Gasteiger partial charge in [-0.15, -0.1) is 0 Å². The zero-order valence-electron chi connectivity index (χ0n) is 22.6. The maximum absolute atomic E-state index is 15.3. The van der Waals surface area contributed by atoms with Crippen molar-refractivity contribution in [3.8, 4) is 0 Å². The van der Waals surface area contributed by atoms with Gasteiger partial charge in [-0.3, -0.25) is 4.79 Å². The Labute approximate surface area is 229 Å². The van der Waals surface area contributed by atoms with E-state index >= 15 is 4.39 Å². The molecular weight excluding hydrogens is 522 g/mol. The number of nitrogens with one attached hydrogen (secondary N) is 1. The maximum atomic E-state index is 15.3. The van der Waals surface area contributed by atoms with E-state index in [1.54, 1.807) is 7.05 Å². The molecule has 0 saturated carbocycles. The Bertz CT molecular complexity index is 1500. The Kier molecular flexibility index (Phi) is 7.92. The summed E-state index contributed by atoms with van der Waals surface area (Å²) in [6.45, 7) is 5.63. The molecule has 0 bridgehead atoms. The summed E-state index contributed by atoms with van der Waals surface area (Å²) in [5, 5.41) is 16.0. The molecule has 1 aliphatic rings. The molecule has 2 N–H and O–H groups in total. The number of hydrogen-bond donors (Lipinski definition) is 2. The average Bonchev–Trinajstić information content (AvgIpc) is 3.58. The molecule has 1 amide bonds. The summed E-state index contributed by atoms with van der Waals surface area (Å²) in [5.74, 6) is -0.598. The molecule has 0 aliphatic carbocycles. The molecule has 0 atom stereocenters. The third-order valence-corrected chi connectivity index (χ3v) is 7.11. The second-order valence-corrected chi connectivity index (χ2v) is 10.2. The number of carbonyl (C=O) groups is 1. The topological polar surface area (TPSA) is 125 Å². The highest BCUT2D eigenvalue weighted by Gasteiger charge is 2.27. The van der Waals surface area contributed by atoms with E-state index in [1.807, 2.05) is 23.3 Å². The predicted molar refractivity (Wildman–Crippen MR) is 145 cm³/mol. The molecule has 4 heterocycles. The molecule has 3 aromatic heterocycles. The van der Waals surface area contributed by atoms with Crippen molar-refractivity contribution < 1.29 is 23.2 Å². The number of aromatic nitrogens is 5. The van der Waals surface area contributed by atoms with Gasteiger partial charge < -0.3 is 29.3 Å². The van der Waals surface area contributed by atoms with E-state index in [4.69, 9.17) is 9.63 Å². The van der Waals surface area contributed by atoms with Gasteiger partial charge in [-0.05, 0) is 37.5 Å². The van der Waals surface area contributed by atoms with Crippen LogP contribution in [0, 0.1) is 11.6 Å². The number of fused-ring (bicyclic) bond motifs is 1. The Morgan fingerprint density at radius 2 is 2.00 bits per heavy atom. The number of hydrogen-bond acceptors (Lipinski definition) is 9. The lowest BCUT2D eigenvalue weighted by Gasteiger charge is -2.31.